The minimum absolute atomic E-state index is 0.354. The minimum Gasteiger partial charge on any atom is -0.369 e. The van der Waals surface area contributed by atoms with Crippen molar-refractivity contribution in [1.82, 2.24) is 9.80 Å². The van der Waals surface area contributed by atoms with E-state index in [0.29, 0.717) is 0 Å². The monoisotopic (exact) mass is 188 g/mol. The zero-order chi connectivity index (χ0) is 10.4. The first-order valence-electron chi connectivity index (χ1n) is 4.19. The van der Waals surface area contributed by atoms with Crippen molar-refractivity contribution in [2.24, 2.45) is 0 Å². The lowest BCUT2D eigenvalue weighted by Gasteiger charge is -2.33. The van der Waals surface area contributed by atoms with Gasteiger partial charge in [0.25, 0.3) is 0 Å². The number of aliphatic hydroxyl groups is 2. The zero-order valence-corrected chi connectivity index (χ0v) is 8.35. The maximum atomic E-state index is 11.5. The molecule has 1 rings (SSSR count). The number of hydrogen-bond acceptors (Lipinski definition) is 3. The highest BCUT2D eigenvalue weighted by atomic mass is 16.4. The van der Waals surface area contributed by atoms with Crippen LogP contribution in [0.2, 0.25) is 0 Å². The lowest BCUT2D eigenvalue weighted by molar-refractivity contribution is -0.0804. The second-order valence-corrected chi connectivity index (χ2v) is 4.26. The molecule has 0 aromatic rings. The van der Waals surface area contributed by atoms with E-state index in [2.05, 4.69) is 0 Å². The normalized spacial score (nSPS) is 30.2. The van der Waals surface area contributed by atoms with Gasteiger partial charge < -0.3 is 10.2 Å². The van der Waals surface area contributed by atoms with Crippen molar-refractivity contribution in [1.29, 1.82) is 0 Å². The standard InChI is InChI=1S/C8H16N2O3/c1-8(2,3)10-6(12)5(11)9(4)7(10)13/h5-6,11-12H,1-4H3. The Morgan fingerprint density at radius 3 is 1.85 bits per heavy atom. The summed E-state index contributed by atoms with van der Waals surface area (Å²) in [4.78, 5) is 13.9. The van der Waals surface area contributed by atoms with Crippen LogP contribution in [0.5, 0.6) is 0 Å². The van der Waals surface area contributed by atoms with E-state index in [0.717, 1.165) is 4.90 Å². The number of urea groups is 1. The van der Waals surface area contributed by atoms with Gasteiger partial charge in [-0.05, 0) is 20.8 Å². The Bertz CT molecular complexity index is 224. The van der Waals surface area contributed by atoms with Gasteiger partial charge in [0.2, 0.25) is 0 Å². The molecule has 2 N–H and O–H groups in total. The number of likely N-dealkylation sites (N-methyl/N-ethyl adjacent to an activating group) is 1. The van der Waals surface area contributed by atoms with Crippen LogP contribution in [-0.2, 0) is 0 Å². The van der Waals surface area contributed by atoms with E-state index in [1.165, 1.54) is 11.9 Å². The smallest absolute Gasteiger partial charge is 0.324 e. The highest BCUT2D eigenvalue weighted by molar-refractivity contribution is 5.77. The Hall–Kier alpha value is -0.810. The van der Waals surface area contributed by atoms with Crippen molar-refractivity contribution < 1.29 is 15.0 Å². The molecule has 5 nitrogen and oxygen atoms in total. The summed E-state index contributed by atoms with van der Waals surface area (Å²) in [6.45, 7) is 5.42. The van der Waals surface area contributed by atoms with Crippen LogP contribution in [0, 0.1) is 0 Å². The van der Waals surface area contributed by atoms with E-state index in [1.807, 2.05) is 0 Å². The summed E-state index contributed by atoms with van der Waals surface area (Å²) in [5.41, 5.74) is -0.484. The SMILES string of the molecule is CN1C(=O)N(C(C)(C)C)C(O)C1O. The van der Waals surface area contributed by atoms with E-state index >= 15 is 0 Å². The molecule has 1 heterocycles. The Balaban J connectivity index is 2.95. The van der Waals surface area contributed by atoms with Crippen LogP contribution in [0.1, 0.15) is 20.8 Å². The number of nitrogens with zero attached hydrogens (tertiary/aromatic N) is 2. The van der Waals surface area contributed by atoms with Crippen LogP contribution in [0.25, 0.3) is 0 Å². The summed E-state index contributed by atoms with van der Waals surface area (Å²) >= 11 is 0. The fourth-order valence-electron chi connectivity index (χ4n) is 1.41. The summed E-state index contributed by atoms with van der Waals surface area (Å²) in [5.74, 6) is 0. The fraction of sp³-hybridized carbons (Fsp3) is 0.875. The molecular formula is C8H16N2O3. The van der Waals surface area contributed by atoms with E-state index in [1.54, 1.807) is 20.8 Å². The molecule has 1 aliphatic rings. The van der Waals surface area contributed by atoms with Crippen molar-refractivity contribution in [3.8, 4) is 0 Å². The third-order valence-corrected chi connectivity index (χ3v) is 2.16. The van der Waals surface area contributed by atoms with Crippen molar-refractivity contribution in [2.75, 3.05) is 7.05 Å². The first-order chi connectivity index (χ1) is 5.76. The fourth-order valence-corrected chi connectivity index (χ4v) is 1.41. The molecule has 2 unspecified atom stereocenters. The molecule has 0 spiro atoms. The third kappa shape index (κ3) is 1.49. The average molecular weight is 188 g/mol. The van der Waals surface area contributed by atoms with Crippen LogP contribution >= 0.6 is 0 Å². The highest BCUT2D eigenvalue weighted by Gasteiger charge is 2.46. The van der Waals surface area contributed by atoms with Gasteiger partial charge in [0.05, 0.1) is 0 Å². The van der Waals surface area contributed by atoms with Crippen molar-refractivity contribution >= 4 is 6.03 Å². The molecule has 0 aromatic carbocycles. The molecule has 0 aromatic heterocycles. The topological polar surface area (TPSA) is 64.0 Å². The molecule has 76 valence electrons. The molecular weight excluding hydrogens is 172 g/mol. The lowest BCUT2D eigenvalue weighted by atomic mass is 10.1. The first kappa shape index (κ1) is 10.3. The van der Waals surface area contributed by atoms with Crippen LogP contribution < -0.4 is 0 Å². The summed E-state index contributed by atoms with van der Waals surface area (Å²) in [7, 11) is 1.46. The molecule has 0 saturated carbocycles. The molecule has 0 bridgehead atoms. The quantitative estimate of drug-likeness (QED) is 0.553. The van der Waals surface area contributed by atoms with Gasteiger partial charge in [0.1, 0.15) is 0 Å². The van der Waals surface area contributed by atoms with Gasteiger partial charge >= 0.3 is 6.03 Å². The number of carbonyl (C=O) groups is 1. The predicted molar refractivity (Wildman–Crippen MR) is 46.8 cm³/mol. The summed E-state index contributed by atoms with van der Waals surface area (Å²) < 4.78 is 0. The second-order valence-electron chi connectivity index (χ2n) is 4.26. The van der Waals surface area contributed by atoms with E-state index in [4.69, 9.17) is 0 Å². The maximum absolute atomic E-state index is 11.5. The molecule has 1 fully saturated rings. The molecule has 0 aliphatic carbocycles. The highest BCUT2D eigenvalue weighted by Crippen LogP contribution is 2.26. The van der Waals surface area contributed by atoms with E-state index in [9.17, 15) is 15.0 Å². The number of amides is 2. The van der Waals surface area contributed by atoms with Crippen LogP contribution in [0.4, 0.5) is 4.79 Å². The first-order valence-corrected chi connectivity index (χ1v) is 4.19. The molecule has 2 atom stereocenters. The van der Waals surface area contributed by atoms with Gasteiger partial charge in [-0.3, -0.25) is 9.80 Å². The molecule has 1 aliphatic heterocycles. The minimum atomic E-state index is -1.14. The maximum Gasteiger partial charge on any atom is 0.324 e. The zero-order valence-electron chi connectivity index (χ0n) is 8.35. The predicted octanol–water partition coefficient (Wildman–Crippen LogP) is -0.211. The van der Waals surface area contributed by atoms with Crippen molar-refractivity contribution in [3.63, 3.8) is 0 Å². The van der Waals surface area contributed by atoms with Gasteiger partial charge in [-0.25, -0.2) is 4.79 Å². The lowest BCUT2D eigenvalue weighted by Crippen LogP contribution is -2.48. The van der Waals surface area contributed by atoms with Gasteiger partial charge in [-0.15, -0.1) is 0 Å². The van der Waals surface area contributed by atoms with Gasteiger partial charge in [0, 0.05) is 12.6 Å². The Labute approximate surface area is 77.6 Å². The number of hydrogen-bond donors (Lipinski definition) is 2. The second kappa shape index (κ2) is 2.85. The Morgan fingerprint density at radius 2 is 1.69 bits per heavy atom. The van der Waals surface area contributed by atoms with Crippen LogP contribution in [-0.4, -0.2) is 51.1 Å². The van der Waals surface area contributed by atoms with Crippen molar-refractivity contribution in [3.05, 3.63) is 0 Å². The van der Waals surface area contributed by atoms with Crippen molar-refractivity contribution in [2.45, 2.75) is 38.8 Å². The van der Waals surface area contributed by atoms with Gasteiger partial charge in [0.15, 0.2) is 12.5 Å². The van der Waals surface area contributed by atoms with Gasteiger partial charge in [-0.1, -0.05) is 0 Å². The van der Waals surface area contributed by atoms with E-state index < -0.39 is 18.0 Å². The molecule has 1 saturated heterocycles. The largest absolute Gasteiger partial charge is 0.369 e. The third-order valence-electron chi connectivity index (χ3n) is 2.16. The summed E-state index contributed by atoms with van der Waals surface area (Å²) in [6, 6.07) is -0.354. The Kier molecular flexibility index (Phi) is 2.25. The number of aliphatic hydroxyl groups excluding tert-OH is 2. The summed E-state index contributed by atoms with van der Waals surface area (Å²) in [6.07, 6.45) is -2.27. The molecule has 2 amide bonds. The molecule has 0 radical (unpaired) electrons. The van der Waals surface area contributed by atoms with Crippen LogP contribution in [0.15, 0.2) is 0 Å². The summed E-state index contributed by atoms with van der Waals surface area (Å²) in [5, 5.41) is 18.9. The Morgan fingerprint density at radius 1 is 1.23 bits per heavy atom. The number of rotatable bonds is 0. The average Bonchev–Trinajstić information content (AvgIpc) is 2.14. The molecule has 13 heavy (non-hydrogen) atoms. The van der Waals surface area contributed by atoms with E-state index in [-0.39, 0.29) is 6.03 Å². The van der Waals surface area contributed by atoms with Gasteiger partial charge in [-0.2, -0.15) is 0 Å². The number of carbonyl (C=O) groups excluding carboxylic acids is 1. The molecule has 5 heteroatoms. The van der Waals surface area contributed by atoms with Crippen LogP contribution in [0.3, 0.4) is 0 Å².